The molecule has 0 unspecified atom stereocenters. The molecule has 2 aromatic carbocycles. The highest BCUT2D eigenvalue weighted by Gasteiger charge is 2.54. The number of methoxy groups -OCH3 is 1. The third-order valence-corrected chi connectivity index (χ3v) is 7.27. The zero-order valence-electron chi connectivity index (χ0n) is 21.5. The normalized spacial score (nSPS) is 18.4. The second-order valence-electron chi connectivity index (χ2n) is 9.63. The minimum Gasteiger partial charge on any atom is -0.497 e. The molecule has 38 heavy (non-hydrogen) atoms. The molecular weight excluding hydrogens is 486 g/mol. The van der Waals surface area contributed by atoms with Gasteiger partial charge in [-0.25, -0.2) is 0 Å². The Labute approximate surface area is 221 Å². The van der Waals surface area contributed by atoms with E-state index >= 15 is 0 Å². The van der Waals surface area contributed by atoms with Gasteiger partial charge in [-0.3, -0.25) is 19.3 Å². The number of amides is 3. The lowest BCUT2D eigenvalue weighted by atomic mass is 9.96. The first kappa shape index (κ1) is 25.5. The van der Waals surface area contributed by atoms with Crippen LogP contribution in [0.25, 0.3) is 0 Å². The Morgan fingerprint density at radius 1 is 0.974 bits per heavy atom. The number of rotatable bonds is 6. The van der Waals surface area contributed by atoms with Gasteiger partial charge in [0, 0.05) is 37.1 Å². The predicted molar refractivity (Wildman–Crippen MR) is 139 cm³/mol. The summed E-state index contributed by atoms with van der Waals surface area (Å²) in [6.07, 6.45) is 2.34. The van der Waals surface area contributed by atoms with E-state index in [9.17, 15) is 14.4 Å². The van der Waals surface area contributed by atoms with Gasteiger partial charge in [-0.2, -0.15) is 0 Å². The number of carbonyl (C=O) groups excluding carboxylic acids is 3. The molecular formula is C29H31N3O6. The van der Waals surface area contributed by atoms with Gasteiger partial charge in [-0.15, -0.1) is 0 Å². The molecule has 5 rings (SSSR count). The molecule has 3 amide bonds. The molecule has 1 aromatic heterocycles. The van der Waals surface area contributed by atoms with Crippen LogP contribution in [0.5, 0.6) is 5.75 Å². The van der Waals surface area contributed by atoms with E-state index in [4.69, 9.17) is 13.9 Å². The molecule has 1 N–H and O–H groups in total. The summed E-state index contributed by atoms with van der Waals surface area (Å²) in [6.45, 7) is 3.03. The van der Waals surface area contributed by atoms with Crippen LogP contribution < -0.4 is 10.1 Å². The van der Waals surface area contributed by atoms with E-state index in [1.165, 1.54) is 0 Å². The van der Waals surface area contributed by atoms with Crippen molar-refractivity contribution < 1.29 is 28.3 Å². The Balaban J connectivity index is 1.35. The molecule has 198 valence electrons. The first-order chi connectivity index (χ1) is 18.4. The Bertz CT molecular complexity index is 1280. The molecule has 0 radical (unpaired) electrons. The summed E-state index contributed by atoms with van der Waals surface area (Å²) in [7, 11) is 1.58. The first-order valence-electron chi connectivity index (χ1n) is 12.7. The standard InChI is InChI=1S/C29H31N3O6/c1-20-5-7-22(8-6-20)28(35)32-25(26(33)30-18-24-4-3-17-37-24)19-38-29(32)13-15-31(16-14-29)27(34)21-9-11-23(36-2)12-10-21/h3-12,17,25H,13-16,18-19H2,1-2H3,(H,30,33)/t25-/m1/s1. The number of likely N-dealkylation sites (tertiary alicyclic amines) is 1. The summed E-state index contributed by atoms with van der Waals surface area (Å²) < 4.78 is 16.8. The maximum absolute atomic E-state index is 13.8. The van der Waals surface area contributed by atoms with Gasteiger partial charge < -0.3 is 24.1 Å². The second kappa shape index (κ2) is 10.7. The van der Waals surface area contributed by atoms with E-state index in [1.54, 1.807) is 71.7 Å². The van der Waals surface area contributed by atoms with E-state index in [1.807, 2.05) is 19.1 Å². The summed E-state index contributed by atoms with van der Waals surface area (Å²) in [4.78, 5) is 43.6. The van der Waals surface area contributed by atoms with Crippen LogP contribution in [0.2, 0.25) is 0 Å². The maximum Gasteiger partial charge on any atom is 0.256 e. The Morgan fingerprint density at radius 2 is 1.63 bits per heavy atom. The number of furan rings is 1. The molecule has 0 saturated carbocycles. The first-order valence-corrected chi connectivity index (χ1v) is 12.7. The monoisotopic (exact) mass is 517 g/mol. The number of ether oxygens (including phenoxy) is 2. The van der Waals surface area contributed by atoms with Gasteiger partial charge in [0.05, 0.1) is 26.5 Å². The molecule has 1 spiro atoms. The third kappa shape index (κ3) is 5.02. The van der Waals surface area contributed by atoms with Crippen LogP contribution >= 0.6 is 0 Å². The van der Waals surface area contributed by atoms with Crippen molar-refractivity contribution in [2.24, 2.45) is 0 Å². The molecule has 9 heteroatoms. The Hall–Kier alpha value is -4.11. The number of aryl methyl sites for hydroxylation is 1. The fraction of sp³-hybridized carbons (Fsp3) is 0.345. The largest absolute Gasteiger partial charge is 0.497 e. The molecule has 2 aliphatic heterocycles. The average Bonchev–Trinajstić information content (AvgIpc) is 3.60. The van der Waals surface area contributed by atoms with Crippen molar-refractivity contribution in [3.63, 3.8) is 0 Å². The van der Waals surface area contributed by atoms with E-state index in [-0.39, 0.29) is 30.9 Å². The predicted octanol–water partition coefficient (Wildman–Crippen LogP) is 3.39. The van der Waals surface area contributed by atoms with Crippen LogP contribution in [-0.2, 0) is 16.1 Å². The second-order valence-corrected chi connectivity index (χ2v) is 9.63. The lowest BCUT2D eigenvalue weighted by Crippen LogP contribution is -2.59. The highest BCUT2D eigenvalue weighted by Crippen LogP contribution is 2.39. The number of nitrogens with zero attached hydrogens (tertiary/aromatic N) is 2. The molecule has 1 atom stereocenters. The fourth-order valence-corrected chi connectivity index (χ4v) is 5.08. The summed E-state index contributed by atoms with van der Waals surface area (Å²) >= 11 is 0. The fourth-order valence-electron chi connectivity index (χ4n) is 5.08. The van der Waals surface area contributed by atoms with Crippen molar-refractivity contribution in [3.05, 3.63) is 89.4 Å². The van der Waals surface area contributed by atoms with Gasteiger partial charge in [0.2, 0.25) is 5.91 Å². The van der Waals surface area contributed by atoms with Gasteiger partial charge >= 0.3 is 0 Å². The number of piperidine rings is 1. The van der Waals surface area contributed by atoms with E-state index in [0.29, 0.717) is 48.6 Å². The average molecular weight is 518 g/mol. The molecule has 2 aliphatic rings. The van der Waals surface area contributed by atoms with Crippen molar-refractivity contribution >= 4 is 17.7 Å². The van der Waals surface area contributed by atoms with Crippen molar-refractivity contribution in [3.8, 4) is 5.75 Å². The summed E-state index contributed by atoms with van der Waals surface area (Å²) in [5.41, 5.74) is 1.11. The number of carbonyl (C=O) groups is 3. The van der Waals surface area contributed by atoms with Crippen LogP contribution in [0.4, 0.5) is 0 Å². The summed E-state index contributed by atoms with van der Waals surface area (Å²) in [5.74, 6) is 0.629. The van der Waals surface area contributed by atoms with Crippen molar-refractivity contribution in [1.82, 2.24) is 15.1 Å². The highest BCUT2D eigenvalue weighted by molar-refractivity contribution is 5.98. The SMILES string of the molecule is COc1ccc(C(=O)N2CCC3(CC2)OC[C@H](C(=O)NCc2ccco2)N3C(=O)c2ccc(C)cc2)cc1. The van der Waals surface area contributed by atoms with Crippen molar-refractivity contribution in [1.29, 1.82) is 0 Å². The number of hydrogen-bond acceptors (Lipinski definition) is 6. The molecule has 2 saturated heterocycles. The Morgan fingerprint density at radius 3 is 2.26 bits per heavy atom. The van der Waals surface area contributed by atoms with Gasteiger partial charge in [-0.1, -0.05) is 17.7 Å². The summed E-state index contributed by atoms with van der Waals surface area (Å²) in [6, 6.07) is 17.0. The van der Waals surface area contributed by atoms with E-state index < -0.39 is 11.8 Å². The number of nitrogens with one attached hydrogen (secondary N) is 1. The van der Waals surface area contributed by atoms with Crippen LogP contribution in [0, 0.1) is 6.92 Å². The zero-order chi connectivity index (χ0) is 26.7. The lowest BCUT2D eigenvalue weighted by Gasteiger charge is -2.44. The van der Waals surface area contributed by atoms with Crippen LogP contribution in [0.1, 0.15) is 44.9 Å². The van der Waals surface area contributed by atoms with Crippen molar-refractivity contribution in [2.75, 3.05) is 26.8 Å². The van der Waals surface area contributed by atoms with Crippen LogP contribution in [0.15, 0.2) is 71.3 Å². The smallest absolute Gasteiger partial charge is 0.256 e. The minimum atomic E-state index is -0.981. The lowest BCUT2D eigenvalue weighted by molar-refractivity contribution is -0.128. The van der Waals surface area contributed by atoms with Gasteiger partial charge in [0.25, 0.3) is 11.8 Å². The quantitative estimate of drug-likeness (QED) is 0.538. The van der Waals surface area contributed by atoms with Crippen LogP contribution in [0.3, 0.4) is 0 Å². The third-order valence-electron chi connectivity index (χ3n) is 7.27. The minimum absolute atomic E-state index is 0.0774. The summed E-state index contributed by atoms with van der Waals surface area (Å²) in [5, 5.41) is 2.87. The van der Waals surface area contributed by atoms with Gasteiger partial charge in [0.15, 0.2) is 0 Å². The molecule has 3 heterocycles. The number of hydrogen-bond donors (Lipinski definition) is 1. The van der Waals surface area contributed by atoms with E-state index in [2.05, 4.69) is 5.32 Å². The maximum atomic E-state index is 13.8. The van der Waals surface area contributed by atoms with E-state index in [0.717, 1.165) is 5.56 Å². The molecule has 0 bridgehead atoms. The highest BCUT2D eigenvalue weighted by atomic mass is 16.5. The zero-order valence-corrected chi connectivity index (χ0v) is 21.5. The molecule has 3 aromatic rings. The molecule has 0 aliphatic carbocycles. The van der Waals surface area contributed by atoms with Gasteiger partial charge in [-0.05, 0) is 55.5 Å². The molecule has 9 nitrogen and oxygen atoms in total. The topological polar surface area (TPSA) is 101 Å². The van der Waals surface area contributed by atoms with Gasteiger partial charge in [0.1, 0.15) is 23.3 Å². The number of benzene rings is 2. The Kier molecular flexibility index (Phi) is 7.20. The van der Waals surface area contributed by atoms with Crippen molar-refractivity contribution in [2.45, 2.75) is 38.1 Å². The van der Waals surface area contributed by atoms with Crippen LogP contribution in [-0.4, -0.2) is 66.1 Å². The molecule has 2 fully saturated rings.